The number of H-pyrrole nitrogens is 1. The molecule has 2 aromatic heterocycles. The van der Waals surface area contributed by atoms with E-state index in [0.717, 1.165) is 22.0 Å². The molecule has 2 aliphatic rings. The number of benzene rings is 2. The highest BCUT2D eigenvalue weighted by Crippen LogP contribution is 2.48. The van der Waals surface area contributed by atoms with E-state index in [-0.39, 0.29) is 17.8 Å². The lowest BCUT2D eigenvalue weighted by atomic mass is 9.74. The number of pyridine rings is 1. The molecule has 0 radical (unpaired) electrons. The molecule has 33 heavy (non-hydrogen) atoms. The Hall–Kier alpha value is -4.00. The fraction of sp³-hybridized carbons (Fsp3) is 0.231. The van der Waals surface area contributed by atoms with Gasteiger partial charge in [0.1, 0.15) is 17.2 Å². The van der Waals surface area contributed by atoms with Gasteiger partial charge < -0.3 is 15.0 Å². The molecule has 4 aromatic rings. The van der Waals surface area contributed by atoms with E-state index in [4.69, 9.17) is 4.74 Å². The Morgan fingerprint density at radius 2 is 1.82 bits per heavy atom. The van der Waals surface area contributed by atoms with Crippen LogP contribution in [0.3, 0.4) is 0 Å². The van der Waals surface area contributed by atoms with Crippen LogP contribution in [0, 0.1) is 5.92 Å². The molecule has 3 heterocycles. The number of amides is 1. The lowest BCUT2D eigenvalue weighted by Gasteiger charge is -2.35. The van der Waals surface area contributed by atoms with Crippen LogP contribution in [0.25, 0.3) is 22.3 Å². The summed E-state index contributed by atoms with van der Waals surface area (Å²) in [6.45, 7) is 0. The average molecular weight is 438 g/mol. The van der Waals surface area contributed by atoms with E-state index in [9.17, 15) is 9.59 Å². The van der Waals surface area contributed by atoms with Gasteiger partial charge in [0.25, 0.3) is 0 Å². The normalized spacial score (nSPS) is 21.7. The van der Waals surface area contributed by atoms with Crippen molar-refractivity contribution in [2.45, 2.75) is 31.3 Å². The van der Waals surface area contributed by atoms with Crippen LogP contribution in [0.5, 0.6) is 0 Å². The number of hydrogen-bond donors (Lipinski definition) is 2. The number of para-hydroxylation sites is 1. The first-order valence-corrected chi connectivity index (χ1v) is 11.2. The molecule has 0 saturated heterocycles. The minimum Gasteiger partial charge on any atom is -0.451 e. The number of fused-ring (bicyclic) bond motifs is 3. The summed E-state index contributed by atoms with van der Waals surface area (Å²) in [5, 5.41) is 3.99. The quantitative estimate of drug-likeness (QED) is 0.447. The number of rotatable bonds is 3. The van der Waals surface area contributed by atoms with Crippen molar-refractivity contribution in [1.29, 1.82) is 0 Å². The minimum atomic E-state index is -0.589. The monoisotopic (exact) mass is 438 g/mol. The number of esters is 1. The number of aromatic nitrogens is 3. The summed E-state index contributed by atoms with van der Waals surface area (Å²) in [6, 6.07) is 17.5. The van der Waals surface area contributed by atoms with Crippen molar-refractivity contribution in [3.8, 4) is 11.4 Å². The predicted octanol–water partition coefficient (Wildman–Crippen LogP) is 4.82. The second-order valence-electron chi connectivity index (χ2n) is 8.76. The van der Waals surface area contributed by atoms with Crippen molar-refractivity contribution in [1.82, 2.24) is 15.0 Å². The van der Waals surface area contributed by atoms with Gasteiger partial charge in [-0.2, -0.15) is 0 Å². The molecule has 2 N–H and O–H groups in total. The standard InChI is InChI=1S/C26H22N4O3/c31-24(16-9-11-26(12-10-16)20-7-3-2-6-19(20)25(32)33-26)30-22-15-28-23(29-22)18-13-17-5-1-4-8-21(17)27-14-18/h1-8,13-16H,9-12H2,(H,28,29)(H,30,31). The third-order valence-corrected chi connectivity index (χ3v) is 6.79. The number of aromatic amines is 1. The largest absolute Gasteiger partial charge is 0.451 e. The summed E-state index contributed by atoms with van der Waals surface area (Å²) < 4.78 is 5.80. The van der Waals surface area contributed by atoms with Gasteiger partial charge in [0.15, 0.2) is 0 Å². The highest BCUT2D eigenvalue weighted by Gasteiger charge is 2.48. The lowest BCUT2D eigenvalue weighted by Crippen LogP contribution is -2.36. The van der Waals surface area contributed by atoms with Crippen LogP contribution >= 0.6 is 0 Å². The fourth-order valence-electron chi connectivity index (χ4n) is 5.03. The maximum atomic E-state index is 12.9. The number of ether oxygens (including phenoxy) is 1. The molecule has 7 heteroatoms. The molecule has 6 rings (SSSR count). The Labute approximate surface area is 190 Å². The summed E-state index contributed by atoms with van der Waals surface area (Å²) in [6.07, 6.45) is 6.00. The SMILES string of the molecule is O=C1OC2(CCC(C(=O)Nc3cnc(-c4cnc5ccccc5c4)[nH]3)CC2)c2ccccc21. The number of carbonyl (C=O) groups is 2. The number of anilines is 1. The summed E-state index contributed by atoms with van der Waals surface area (Å²) in [7, 11) is 0. The number of carbonyl (C=O) groups excluding carboxylic acids is 2. The molecule has 7 nitrogen and oxygen atoms in total. The molecular formula is C26H22N4O3. The van der Waals surface area contributed by atoms with E-state index in [1.165, 1.54) is 0 Å². The zero-order valence-electron chi connectivity index (χ0n) is 17.9. The minimum absolute atomic E-state index is 0.0469. The molecule has 0 bridgehead atoms. The Morgan fingerprint density at radius 1 is 1.03 bits per heavy atom. The van der Waals surface area contributed by atoms with Crippen molar-refractivity contribution in [2.24, 2.45) is 5.92 Å². The summed E-state index contributed by atoms with van der Waals surface area (Å²) in [4.78, 5) is 37.3. The Bertz CT molecular complexity index is 1390. The van der Waals surface area contributed by atoms with Crippen LogP contribution in [0.15, 0.2) is 67.0 Å². The predicted molar refractivity (Wildman–Crippen MR) is 123 cm³/mol. The number of imidazole rings is 1. The molecular weight excluding hydrogens is 416 g/mol. The molecule has 164 valence electrons. The van der Waals surface area contributed by atoms with Gasteiger partial charge in [0, 0.05) is 28.6 Å². The van der Waals surface area contributed by atoms with Gasteiger partial charge in [-0.3, -0.25) is 9.78 Å². The van der Waals surface area contributed by atoms with Gasteiger partial charge in [-0.15, -0.1) is 0 Å². The number of hydrogen-bond acceptors (Lipinski definition) is 5. The molecule has 0 unspecified atom stereocenters. The summed E-state index contributed by atoms with van der Waals surface area (Å²) in [5.74, 6) is 0.758. The zero-order chi connectivity index (χ0) is 22.4. The Morgan fingerprint density at radius 3 is 2.70 bits per heavy atom. The van der Waals surface area contributed by atoms with E-state index < -0.39 is 5.60 Å². The molecule has 1 spiro atoms. The Balaban J connectivity index is 1.13. The lowest BCUT2D eigenvalue weighted by molar-refractivity contribution is -0.122. The van der Waals surface area contributed by atoms with Crippen molar-refractivity contribution in [3.63, 3.8) is 0 Å². The molecule has 2 aromatic carbocycles. The molecule has 0 atom stereocenters. The van der Waals surface area contributed by atoms with Gasteiger partial charge >= 0.3 is 5.97 Å². The topological polar surface area (TPSA) is 97.0 Å². The van der Waals surface area contributed by atoms with Gasteiger partial charge in [-0.25, -0.2) is 9.78 Å². The van der Waals surface area contributed by atoms with Crippen LogP contribution in [-0.2, 0) is 15.1 Å². The first-order valence-electron chi connectivity index (χ1n) is 11.2. The highest BCUT2D eigenvalue weighted by atomic mass is 16.6. The van der Waals surface area contributed by atoms with Crippen LogP contribution in [0.1, 0.15) is 41.6 Å². The van der Waals surface area contributed by atoms with E-state index in [0.29, 0.717) is 42.9 Å². The second-order valence-corrected chi connectivity index (χ2v) is 8.76. The van der Waals surface area contributed by atoms with Gasteiger partial charge in [0.2, 0.25) is 5.91 Å². The van der Waals surface area contributed by atoms with Crippen molar-refractivity contribution in [2.75, 3.05) is 5.32 Å². The van der Waals surface area contributed by atoms with Gasteiger partial charge in [-0.05, 0) is 43.9 Å². The van der Waals surface area contributed by atoms with E-state index in [1.807, 2.05) is 54.6 Å². The first-order chi connectivity index (χ1) is 16.1. The number of nitrogens with one attached hydrogen (secondary N) is 2. The first kappa shape index (κ1) is 19.7. The third-order valence-electron chi connectivity index (χ3n) is 6.79. The average Bonchev–Trinajstić information content (AvgIpc) is 3.42. The van der Waals surface area contributed by atoms with Crippen molar-refractivity contribution >= 4 is 28.6 Å². The van der Waals surface area contributed by atoms with E-state index >= 15 is 0 Å². The molecule has 1 aliphatic heterocycles. The fourth-order valence-corrected chi connectivity index (χ4v) is 5.03. The van der Waals surface area contributed by atoms with Crippen molar-refractivity contribution in [3.05, 3.63) is 78.1 Å². The molecule has 1 fully saturated rings. The summed E-state index contributed by atoms with van der Waals surface area (Å²) >= 11 is 0. The van der Waals surface area contributed by atoms with E-state index in [1.54, 1.807) is 12.4 Å². The smallest absolute Gasteiger partial charge is 0.339 e. The summed E-state index contributed by atoms with van der Waals surface area (Å²) in [5.41, 5.74) is 2.79. The maximum absolute atomic E-state index is 12.9. The zero-order valence-corrected chi connectivity index (χ0v) is 17.9. The molecule has 1 amide bonds. The Kier molecular flexibility index (Phi) is 4.50. The molecule has 1 aliphatic carbocycles. The van der Waals surface area contributed by atoms with Crippen LogP contribution in [0.2, 0.25) is 0 Å². The van der Waals surface area contributed by atoms with Crippen LogP contribution in [0.4, 0.5) is 5.82 Å². The van der Waals surface area contributed by atoms with Crippen LogP contribution < -0.4 is 5.32 Å². The number of nitrogens with zero attached hydrogens (tertiary/aromatic N) is 2. The second kappa shape index (κ2) is 7.55. The van der Waals surface area contributed by atoms with E-state index in [2.05, 4.69) is 20.3 Å². The van der Waals surface area contributed by atoms with Crippen LogP contribution in [-0.4, -0.2) is 26.8 Å². The molecule has 1 saturated carbocycles. The van der Waals surface area contributed by atoms with Gasteiger partial charge in [0.05, 0.1) is 17.3 Å². The third kappa shape index (κ3) is 3.36. The van der Waals surface area contributed by atoms with Gasteiger partial charge in [-0.1, -0.05) is 36.4 Å². The maximum Gasteiger partial charge on any atom is 0.339 e. The van der Waals surface area contributed by atoms with Crippen molar-refractivity contribution < 1.29 is 14.3 Å². The highest BCUT2D eigenvalue weighted by molar-refractivity contribution is 5.95.